The van der Waals surface area contributed by atoms with Crippen LogP contribution in [0, 0.1) is 5.92 Å². The number of hydrogen-bond donors (Lipinski definition) is 2. The van der Waals surface area contributed by atoms with Crippen molar-refractivity contribution in [2.75, 3.05) is 13.1 Å². The van der Waals surface area contributed by atoms with Crippen LogP contribution in [0.25, 0.3) is 0 Å². The highest BCUT2D eigenvalue weighted by atomic mass is 16.3. The lowest BCUT2D eigenvalue weighted by Crippen LogP contribution is -2.42. The SMILES string of the molecule is CCC(C)NC(=NCCC(C)C)NCCc1ccco1. The van der Waals surface area contributed by atoms with Crippen molar-refractivity contribution in [3.05, 3.63) is 24.2 Å². The molecule has 20 heavy (non-hydrogen) atoms. The van der Waals surface area contributed by atoms with Crippen molar-refractivity contribution in [1.82, 2.24) is 10.6 Å². The van der Waals surface area contributed by atoms with Crippen molar-refractivity contribution < 1.29 is 4.42 Å². The maximum atomic E-state index is 5.33. The van der Waals surface area contributed by atoms with Gasteiger partial charge in [-0.2, -0.15) is 0 Å². The van der Waals surface area contributed by atoms with Crippen LogP contribution in [0.15, 0.2) is 27.8 Å². The van der Waals surface area contributed by atoms with E-state index in [2.05, 4.69) is 43.3 Å². The van der Waals surface area contributed by atoms with Crippen molar-refractivity contribution in [2.45, 2.75) is 53.0 Å². The number of guanidine groups is 1. The molecule has 0 spiro atoms. The highest BCUT2D eigenvalue weighted by Crippen LogP contribution is 2.00. The molecule has 0 aliphatic rings. The van der Waals surface area contributed by atoms with Gasteiger partial charge in [0, 0.05) is 25.6 Å². The molecule has 0 fully saturated rings. The standard InChI is InChI=1S/C16H29N3O/c1-5-14(4)19-16(17-10-8-13(2)3)18-11-9-15-7-6-12-20-15/h6-7,12-14H,5,8-11H2,1-4H3,(H2,17,18,19). The highest BCUT2D eigenvalue weighted by molar-refractivity contribution is 5.80. The molecule has 114 valence electrons. The second-order valence-corrected chi connectivity index (χ2v) is 5.62. The van der Waals surface area contributed by atoms with Crippen molar-refractivity contribution in [1.29, 1.82) is 0 Å². The van der Waals surface area contributed by atoms with E-state index in [0.717, 1.165) is 44.1 Å². The van der Waals surface area contributed by atoms with Crippen molar-refractivity contribution in [3.63, 3.8) is 0 Å². The van der Waals surface area contributed by atoms with Gasteiger partial charge in [-0.15, -0.1) is 0 Å². The van der Waals surface area contributed by atoms with Gasteiger partial charge in [0.2, 0.25) is 0 Å². The minimum Gasteiger partial charge on any atom is -0.469 e. The van der Waals surface area contributed by atoms with Gasteiger partial charge in [0.15, 0.2) is 5.96 Å². The molecule has 0 saturated heterocycles. The summed E-state index contributed by atoms with van der Waals surface area (Å²) in [7, 11) is 0. The molecule has 0 amide bonds. The predicted molar refractivity (Wildman–Crippen MR) is 85.1 cm³/mol. The predicted octanol–water partition coefficient (Wildman–Crippen LogP) is 3.20. The van der Waals surface area contributed by atoms with Crippen LogP contribution in [0.3, 0.4) is 0 Å². The Balaban J connectivity index is 2.40. The molecule has 0 bridgehead atoms. The van der Waals surface area contributed by atoms with Gasteiger partial charge < -0.3 is 15.1 Å². The topological polar surface area (TPSA) is 49.6 Å². The Hall–Kier alpha value is -1.45. The summed E-state index contributed by atoms with van der Waals surface area (Å²) in [6.45, 7) is 10.5. The lowest BCUT2D eigenvalue weighted by atomic mass is 10.1. The third kappa shape index (κ3) is 7.22. The van der Waals surface area contributed by atoms with Crippen LogP contribution in [0.1, 0.15) is 46.3 Å². The first kappa shape index (κ1) is 16.6. The summed E-state index contributed by atoms with van der Waals surface area (Å²) >= 11 is 0. The number of hydrogen-bond acceptors (Lipinski definition) is 2. The number of nitrogens with one attached hydrogen (secondary N) is 2. The fourth-order valence-corrected chi connectivity index (χ4v) is 1.68. The highest BCUT2D eigenvalue weighted by Gasteiger charge is 2.04. The van der Waals surface area contributed by atoms with Crippen LogP contribution in [0.4, 0.5) is 0 Å². The van der Waals surface area contributed by atoms with Crippen molar-refractivity contribution >= 4 is 5.96 Å². The Kier molecular flexibility index (Phi) is 7.85. The third-order valence-electron chi connectivity index (χ3n) is 3.22. The monoisotopic (exact) mass is 279 g/mol. The Morgan fingerprint density at radius 2 is 2.15 bits per heavy atom. The van der Waals surface area contributed by atoms with Gasteiger partial charge in [0.25, 0.3) is 0 Å². The summed E-state index contributed by atoms with van der Waals surface area (Å²) in [6, 6.07) is 4.35. The number of nitrogens with zero attached hydrogens (tertiary/aromatic N) is 1. The zero-order valence-electron chi connectivity index (χ0n) is 13.3. The van der Waals surface area contributed by atoms with Crippen LogP contribution in [0.5, 0.6) is 0 Å². The van der Waals surface area contributed by atoms with Crippen LogP contribution in [-0.4, -0.2) is 25.1 Å². The third-order valence-corrected chi connectivity index (χ3v) is 3.22. The van der Waals surface area contributed by atoms with Crippen LogP contribution >= 0.6 is 0 Å². The van der Waals surface area contributed by atoms with Gasteiger partial charge in [0.05, 0.1) is 6.26 Å². The summed E-state index contributed by atoms with van der Waals surface area (Å²) in [6.07, 6.45) is 4.79. The van der Waals surface area contributed by atoms with Gasteiger partial charge >= 0.3 is 0 Å². The molecule has 0 aliphatic carbocycles. The molecule has 4 nitrogen and oxygen atoms in total. The summed E-state index contributed by atoms with van der Waals surface area (Å²) in [4.78, 5) is 4.63. The lowest BCUT2D eigenvalue weighted by molar-refractivity contribution is 0.506. The van der Waals surface area contributed by atoms with E-state index in [4.69, 9.17) is 4.42 Å². The van der Waals surface area contributed by atoms with Crippen molar-refractivity contribution in [3.8, 4) is 0 Å². The molecule has 0 saturated carbocycles. The average Bonchev–Trinajstić information content (AvgIpc) is 2.91. The average molecular weight is 279 g/mol. The van der Waals surface area contributed by atoms with Gasteiger partial charge in [-0.25, -0.2) is 0 Å². The summed E-state index contributed by atoms with van der Waals surface area (Å²) in [5.74, 6) is 2.60. The molecule has 0 aliphatic heterocycles. The van der Waals surface area contributed by atoms with E-state index in [0.29, 0.717) is 12.0 Å². The van der Waals surface area contributed by atoms with E-state index < -0.39 is 0 Å². The Morgan fingerprint density at radius 1 is 1.35 bits per heavy atom. The number of rotatable bonds is 8. The fraction of sp³-hybridized carbons (Fsp3) is 0.688. The quantitative estimate of drug-likeness (QED) is 0.567. The second kappa shape index (κ2) is 9.45. The van der Waals surface area contributed by atoms with Gasteiger partial charge in [0.1, 0.15) is 5.76 Å². The van der Waals surface area contributed by atoms with Crippen LogP contribution in [-0.2, 0) is 6.42 Å². The zero-order valence-corrected chi connectivity index (χ0v) is 13.3. The van der Waals surface area contributed by atoms with E-state index >= 15 is 0 Å². The molecule has 2 N–H and O–H groups in total. The molecule has 0 radical (unpaired) electrons. The normalized spacial score (nSPS) is 13.6. The van der Waals surface area contributed by atoms with Gasteiger partial charge in [-0.1, -0.05) is 20.8 Å². The molecule has 4 heteroatoms. The van der Waals surface area contributed by atoms with Gasteiger partial charge in [-0.05, 0) is 37.8 Å². The fourth-order valence-electron chi connectivity index (χ4n) is 1.68. The Labute approximate surface area is 123 Å². The van der Waals surface area contributed by atoms with E-state index in [1.54, 1.807) is 6.26 Å². The van der Waals surface area contributed by atoms with Crippen LogP contribution in [0.2, 0.25) is 0 Å². The van der Waals surface area contributed by atoms with E-state index in [-0.39, 0.29) is 0 Å². The maximum Gasteiger partial charge on any atom is 0.191 e. The molecule has 1 aromatic heterocycles. The maximum absolute atomic E-state index is 5.33. The zero-order chi connectivity index (χ0) is 14.8. The van der Waals surface area contributed by atoms with E-state index in [1.807, 2.05) is 12.1 Å². The molecule has 1 aromatic rings. The number of aliphatic imine (C=N–C) groups is 1. The first-order chi connectivity index (χ1) is 9.61. The summed E-state index contributed by atoms with van der Waals surface area (Å²) in [5, 5.41) is 6.80. The first-order valence-electron chi connectivity index (χ1n) is 7.69. The minimum absolute atomic E-state index is 0.434. The summed E-state index contributed by atoms with van der Waals surface area (Å²) in [5.41, 5.74) is 0. The second-order valence-electron chi connectivity index (χ2n) is 5.62. The molecular weight excluding hydrogens is 250 g/mol. The van der Waals surface area contributed by atoms with Crippen molar-refractivity contribution in [2.24, 2.45) is 10.9 Å². The molecule has 0 aromatic carbocycles. The van der Waals surface area contributed by atoms with Gasteiger partial charge in [-0.3, -0.25) is 4.99 Å². The molecular formula is C16H29N3O. The summed E-state index contributed by atoms with van der Waals surface area (Å²) < 4.78 is 5.33. The first-order valence-corrected chi connectivity index (χ1v) is 7.69. The van der Waals surface area contributed by atoms with E-state index in [9.17, 15) is 0 Å². The largest absolute Gasteiger partial charge is 0.469 e. The van der Waals surface area contributed by atoms with E-state index in [1.165, 1.54) is 0 Å². The molecule has 1 heterocycles. The molecule has 1 rings (SSSR count). The smallest absolute Gasteiger partial charge is 0.191 e. The van der Waals surface area contributed by atoms with Crippen LogP contribution < -0.4 is 10.6 Å². The Morgan fingerprint density at radius 3 is 2.75 bits per heavy atom. The lowest BCUT2D eigenvalue weighted by Gasteiger charge is -2.17. The minimum atomic E-state index is 0.434. The molecule has 1 unspecified atom stereocenters. The Bertz CT molecular complexity index is 371. The number of furan rings is 1. The molecule has 1 atom stereocenters.